The zero-order valence-corrected chi connectivity index (χ0v) is 14.9. The molecule has 6 nitrogen and oxygen atoms in total. The van der Waals surface area contributed by atoms with Crippen LogP contribution in [0.15, 0.2) is 24.3 Å². The van der Waals surface area contributed by atoms with Crippen LogP contribution in [0.4, 0.5) is 5.69 Å². The van der Waals surface area contributed by atoms with Crippen molar-refractivity contribution in [1.82, 2.24) is 4.90 Å². The van der Waals surface area contributed by atoms with Gasteiger partial charge >= 0.3 is 0 Å². The molecule has 3 rings (SSSR count). The third-order valence-corrected chi connectivity index (χ3v) is 5.28. The van der Waals surface area contributed by atoms with E-state index in [1.54, 1.807) is 12.0 Å². The smallest absolute Gasteiger partial charge is 0.265 e. The van der Waals surface area contributed by atoms with E-state index in [1.807, 2.05) is 36.2 Å². The van der Waals surface area contributed by atoms with Gasteiger partial charge in [0.15, 0.2) is 6.61 Å². The molecule has 0 saturated heterocycles. The maximum Gasteiger partial charge on any atom is 0.265 e. The van der Waals surface area contributed by atoms with Gasteiger partial charge in [-0.15, -0.1) is 0 Å². The van der Waals surface area contributed by atoms with Crippen LogP contribution in [0, 0.1) is 0 Å². The molecule has 1 heterocycles. The second-order valence-electron chi connectivity index (χ2n) is 6.72. The fourth-order valence-electron chi connectivity index (χ4n) is 3.65. The lowest BCUT2D eigenvalue weighted by Gasteiger charge is -2.35. The molecule has 2 aliphatic rings. The number of anilines is 1. The molecule has 0 spiro atoms. The van der Waals surface area contributed by atoms with Crippen LogP contribution in [0.3, 0.4) is 0 Å². The average Bonchev–Trinajstić information content (AvgIpc) is 2.66. The number of nitrogens with zero attached hydrogens (tertiary/aromatic N) is 2. The van der Waals surface area contributed by atoms with Crippen LogP contribution in [0.2, 0.25) is 0 Å². The SMILES string of the molecule is COC1CCC(N(C)C(=O)CCN2C(=O)COc3ccccc32)CC1. The molecule has 0 N–H and O–H groups in total. The molecule has 136 valence electrons. The second-order valence-corrected chi connectivity index (χ2v) is 6.72. The lowest BCUT2D eigenvalue weighted by molar-refractivity contribution is -0.133. The Kier molecular flexibility index (Phi) is 5.58. The first-order valence-electron chi connectivity index (χ1n) is 8.90. The number of amides is 2. The predicted octanol–water partition coefficient (Wildman–Crippen LogP) is 2.22. The summed E-state index contributed by atoms with van der Waals surface area (Å²) in [6, 6.07) is 7.72. The van der Waals surface area contributed by atoms with E-state index in [2.05, 4.69) is 0 Å². The highest BCUT2D eigenvalue weighted by Gasteiger charge is 2.29. The Morgan fingerprint density at radius 1 is 1.28 bits per heavy atom. The normalized spacial score (nSPS) is 23.0. The minimum Gasteiger partial charge on any atom is -0.482 e. The van der Waals surface area contributed by atoms with Crippen LogP contribution in [0.5, 0.6) is 5.75 Å². The third kappa shape index (κ3) is 3.95. The monoisotopic (exact) mass is 346 g/mol. The molecule has 0 aromatic heterocycles. The summed E-state index contributed by atoms with van der Waals surface area (Å²) in [5, 5.41) is 0. The first kappa shape index (κ1) is 17.7. The number of carbonyl (C=O) groups excluding carboxylic acids is 2. The maximum absolute atomic E-state index is 12.6. The van der Waals surface area contributed by atoms with E-state index in [0.29, 0.717) is 24.8 Å². The molecule has 0 unspecified atom stereocenters. The van der Waals surface area contributed by atoms with Crippen LogP contribution in [0.25, 0.3) is 0 Å². The van der Waals surface area contributed by atoms with Crippen molar-refractivity contribution in [3.63, 3.8) is 0 Å². The zero-order valence-electron chi connectivity index (χ0n) is 14.9. The molecule has 1 saturated carbocycles. The van der Waals surface area contributed by atoms with Crippen molar-refractivity contribution in [1.29, 1.82) is 0 Å². The second kappa shape index (κ2) is 7.87. The fraction of sp³-hybridized carbons (Fsp3) is 0.579. The van der Waals surface area contributed by atoms with Crippen LogP contribution in [-0.4, -0.2) is 56.2 Å². The maximum atomic E-state index is 12.6. The number of rotatable bonds is 5. The summed E-state index contributed by atoms with van der Waals surface area (Å²) in [4.78, 5) is 28.3. The van der Waals surface area contributed by atoms with Crippen LogP contribution in [-0.2, 0) is 14.3 Å². The summed E-state index contributed by atoms with van der Waals surface area (Å²) >= 11 is 0. The largest absolute Gasteiger partial charge is 0.482 e. The number of carbonyl (C=O) groups is 2. The Hall–Kier alpha value is -2.08. The molecule has 1 aliphatic heterocycles. The topological polar surface area (TPSA) is 59.1 Å². The molecule has 0 atom stereocenters. The summed E-state index contributed by atoms with van der Waals surface area (Å²) in [6.45, 7) is 0.415. The number of benzene rings is 1. The summed E-state index contributed by atoms with van der Waals surface area (Å²) in [7, 11) is 3.62. The first-order chi connectivity index (χ1) is 12.1. The minimum atomic E-state index is -0.102. The number of ether oxygens (including phenoxy) is 2. The number of fused-ring (bicyclic) bond motifs is 1. The van der Waals surface area contributed by atoms with Crippen molar-refractivity contribution >= 4 is 17.5 Å². The molecule has 25 heavy (non-hydrogen) atoms. The van der Waals surface area contributed by atoms with Crippen molar-refractivity contribution < 1.29 is 19.1 Å². The molecule has 1 aliphatic carbocycles. The molecule has 0 bridgehead atoms. The van der Waals surface area contributed by atoms with Gasteiger partial charge in [0.25, 0.3) is 5.91 Å². The average molecular weight is 346 g/mol. The van der Waals surface area contributed by atoms with Gasteiger partial charge in [0.1, 0.15) is 5.75 Å². The van der Waals surface area contributed by atoms with Gasteiger partial charge in [0, 0.05) is 33.2 Å². The number of para-hydroxylation sites is 2. The van der Waals surface area contributed by atoms with Gasteiger partial charge in [-0.2, -0.15) is 0 Å². The van der Waals surface area contributed by atoms with Crippen molar-refractivity contribution in [3.8, 4) is 5.75 Å². The molecule has 1 aromatic rings. The Morgan fingerprint density at radius 2 is 2.00 bits per heavy atom. The van der Waals surface area contributed by atoms with E-state index in [1.165, 1.54) is 0 Å². The van der Waals surface area contributed by atoms with Gasteiger partial charge in [0.05, 0.1) is 11.8 Å². The van der Waals surface area contributed by atoms with Gasteiger partial charge in [0.2, 0.25) is 5.91 Å². The van der Waals surface area contributed by atoms with Crippen molar-refractivity contribution in [3.05, 3.63) is 24.3 Å². The number of methoxy groups -OCH3 is 1. The summed E-state index contributed by atoms with van der Waals surface area (Å²) in [5.74, 6) is 0.674. The van der Waals surface area contributed by atoms with E-state index in [4.69, 9.17) is 9.47 Å². The molecule has 1 aromatic carbocycles. The van der Waals surface area contributed by atoms with Gasteiger partial charge < -0.3 is 19.3 Å². The van der Waals surface area contributed by atoms with Crippen LogP contribution in [0.1, 0.15) is 32.1 Å². The molecule has 6 heteroatoms. The summed E-state index contributed by atoms with van der Waals surface area (Å²) < 4.78 is 10.8. The Labute approximate surface area is 148 Å². The summed E-state index contributed by atoms with van der Waals surface area (Å²) in [6.07, 6.45) is 4.57. The lowest BCUT2D eigenvalue weighted by Crippen LogP contribution is -2.44. The van der Waals surface area contributed by atoms with Gasteiger partial charge in [-0.3, -0.25) is 9.59 Å². The van der Waals surface area contributed by atoms with E-state index < -0.39 is 0 Å². The first-order valence-corrected chi connectivity index (χ1v) is 8.90. The van der Waals surface area contributed by atoms with Crippen molar-refractivity contribution in [2.45, 2.75) is 44.2 Å². The van der Waals surface area contributed by atoms with Crippen LogP contribution >= 0.6 is 0 Å². The third-order valence-electron chi connectivity index (χ3n) is 5.28. The highest BCUT2D eigenvalue weighted by Crippen LogP contribution is 2.31. The number of hydrogen-bond donors (Lipinski definition) is 0. The lowest BCUT2D eigenvalue weighted by atomic mass is 9.92. The van der Waals surface area contributed by atoms with Crippen molar-refractivity contribution in [2.75, 3.05) is 32.2 Å². The van der Waals surface area contributed by atoms with E-state index in [9.17, 15) is 9.59 Å². The highest BCUT2D eigenvalue weighted by molar-refractivity contribution is 5.98. The van der Waals surface area contributed by atoms with Gasteiger partial charge in [-0.05, 0) is 37.8 Å². The molecule has 0 radical (unpaired) electrons. The van der Waals surface area contributed by atoms with E-state index in [-0.39, 0.29) is 24.5 Å². The highest BCUT2D eigenvalue weighted by atomic mass is 16.5. The summed E-state index contributed by atoms with van der Waals surface area (Å²) in [5.41, 5.74) is 0.745. The van der Waals surface area contributed by atoms with Gasteiger partial charge in [-0.25, -0.2) is 0 Å². The molecule has 1 fully saturated rings. The molecular formula is C19H26N2O4. The Bertz CT molecular complexity index is 626. The predicted molar refractivity (Wildman–Crippen MR) is 94.7 cm³/mol. The standard InChI is InChI=1S/C19H26N2O4/c1-20(14-7-9-15(24-2)10-8-14)18(22)11-12-21-16-5-3-4-6-17(16)25-13-19(21)23/h3-6,14-15H,7-13H2,1-2H3. The zero-order chi connectivity index (χ0) is 17.8. The Balaban J connectivity index is 1.56. The number of hydrogen-bond acceptors (Lipinski definition) is 4. The molecule has 2 amide bonds. The quantitative estimate of drug-likeness (QED) is 0.820. The Morgan fingerprint density at radius 3 is 2.72 bits per heavy atom. The van der Waals surface area contributed by atoms with E-state index >= 15 is 0 Å². The fourth-order valence-corrected chi connectivity index (χ4v) is 3.65. The van der Waals surface area contributed by atoms with Crippen LogP contribution < -0.4 is 9.64 Å². The van der Waals surface area contributed by atoms with E-state index in [0.717, 1.165) is 31.4 Å². The van der Waals surface area contributed by atoms with Gasteiger partial charge in [-0.1, -0.05) is 12.1 Å². The molecular weight excluding hydrogens is 320 g/mol. The minimum absolute atomic E-state index is 0.0298. The van der Waals surface area contributed by atoms with Crippen molar-refractivity contribution in [2.24, 2.45) is 0 Å².